The highest BCUT2D eigenvalue weighted by molar-refractivity contribution is 6.13. The zero-order valence-corrected chi connectivity index (χ0v) is 15.2. The second kappa shape index (κ2) is 5.58. The minimum atomic E-state index is -0.521. The fourth-order valence-corrected chi connectivity index (χ4v) is 5.10. The van der Waals surface area contributed by atoms with Crippen molar-refractivity contribution in [2.45, 2.75) is 31.2 Å². The van der Waals surface area contributed by atoms with E-state index in [1.807, 2.05) is 30.5 Å². The van der Waals surface area contributed by atoms with Crippen LogP contribution in [-0.2, 0) is 22.6 Å². The summed E-state index contributed by atoms with van der Waals surface area (Å²) in [4.78, 5) is 29.0. The van der Waals surface area contributed by atoms with Gasteiger partial charge in [0.1, 0.15) is 0 Å². The Kier molecular flexibility index (Phi) is 3.13. The number of fused-ring (bicyclic) bond motifs is 1. The van der Waals surface area contributed by atoms with Crippen molar-refractivity contribution >= 4 is 33.6 Å². The first kappa shape index (κ1) is 15.7. The lowest BCUT2D eigenvalue weighted by molar-refractivity contribution is -0.125. The van der Waals surface area contributed by atoms with Crippen molar-refractivity contribution < 1.29 is 12.4 Å². The second-order valence-corrected chi connectivity index (χ2v) is 7.79. The smallest absolute Gasteiger partial charge is 0.235 e. The monoisotopic (exact) mass is 373 g/mol. The molecule has 4 aromatic rings. The van der Waals surface area contributed by atoms with Crippen LogP contribution in [-0.4, -0.2) is 21.4 Å². The molecular weight excluding hydrogens is 350 g/mol. The number of hydrogen-bond acceptors (Lipinski definition) is 2. The summed E-state index contributed by atoms with van der Waals surface area (Å²) in [6.07, 6.45) is 6.13. The van der Waals surface area contributed by atoms with Crippen LogP contribution in [0.5, 0.6) is 0 Å². The maximum absolute atomic E-state index is 12.9. The summed E-state index contributed by atoms with van der Waals surface area (Å²) in [6, 6.07) is 14.2. The number of imide groups is 1. The van der Waals surface area contributed by atoms with Crippen molar-refractivity contribution in [1.82, 2.24) is 14.9 Å². The molecule has 2 aliphatic heterocycles. The first-order chi connectivity index (χ1) is 13.7. The predicted molar refractivity (Wildman–Crippen MR) is 111 cm³/mol. The first-order valence-electron chi connectivity index (χ1n) is 9.74. The molecule has 2 aliphatic rings. The predicted octanol–water partition coefficient (Wildman–Crippen LogP) is 4.08. The molecule has 28 heavy (non-hydrogen) atoms. The number of rotatable bonds is 2. The van der Waals surface area contributed by atoms with Gasteiger partial charge in [-0.25, -0.2) is 0 Å². The third-order valence-corrected chi connectivity index (χ3v) is 6.29. The van der Waals surface area contributed by atoms with Crippen LogP contribution >= 0.6 is 0 Å². The van der Waals surface area contributed by atoms with Crippen LogP contribution in [0.4, 0.5) is 0 Å². The van der Waals surface area contributed by atoms with Gasteiger partial charge in [0.2, 0.25) is 11.8 Å². The van der Waals surface area contributed by atoms with Gasteiger partial charge < -0.3 is 9.55 Å². The van der Waals surface area contributed by atoms with E-state index < -0.39 is 11.8 Å². The zero-order valence-electron chi connectivity index (χ0n) is 15.2. The molecular formula is C23H23N3O2. The topological polar surface area (TPSA) is 66.9 Å². The van der Waals surface area contributed by atoms with E-state index in [-0.39, 0.29) is 14.7 Å². The molecule has 1 fully saturated rings. The number of aromatic amines is 1. The van der Waals surface area contributed by atoms with E-state index in [1.165, 1.54) is 11.1 Å². The van der Waals surface area contributed by atoms with Gasteiger partial charge >= 0.3 is 0 Å². The molecule has 0 radical (unpaired) electrons. The lowest BCUT2D eigenvalue weighted by Crippen LogP contribution is -2.21. The van der Waals surface area contributed by atoms with Crippen LogP contribution in [0.3, 0.4) is 0 Å². The van der Waals surface area contributed by atoms with Gasteiger partial charge in [0.25, 0.3) is 0 Å². The Morgan fingerprint density at radius 2 is 1.71 bits per heavy atom. The Labute approximate surface area is 164 Å². The van der Waals surface area contributed by atoms with Gasteiger partial charge in [-0.15, -0.1) is 0 Å². The maximum Gasteiger partial charge on any atom is 0.235 e. The number of carbonyl (C=O) groups is 2. The van der Waals surface area contributed by atoms with E-state index in [9.17, 15) is 9.59 Å². The fourth-order valence-electron chi connectivity index (χ4n) is 5.10. The molecule has 2 aromatic heterocycles. The summed E-state index contributed by atoms with van der Waals surface area (Å²) < 4.78 is 2.26. The molecule has 142 valence electrons. The fraction of sp³-hybridized carbons (Fsp3) is 0.217. The number of amides is 2. The van der Waals surface area contributed by atoms with E-state index in [0.29, 0.717) is 0 Å². The number of nitrogens with zero attached hydrogens (tertiary/aromatic N) is 1. The molecule has 0 saturated carbocycles. The molecule has 1 saturated heterocycles. The van der Waals surface area contributed by atoms with Gasteiger partial charge in [-0.3, -0.25) is 14.9 Å². The van der Waals surface area contributed by atoms with Gasteiger partial charge in [-0.2, -0.15) is 0 Å². The van der Waals surface area contributed by atoms with E-state index in [4.69, 9.17) is 0 Å². The van der Waals surface area contributed by atoms with E-state index >= 15 is 0 Å². The van der Waals surface area contributed by atoms with Crippen molar-refractivity contribution in [3.63, 3.8) is 0 Å². The van der Waals surface area contributed by atoms with Crippen molar-refractivity contribution in [3.05, 3.63) is 71.5 Å². The minimum Gasteiger partial charge on any atom is -0.361 e. The Morgan fingerprint density at radius 3 is 2.61 bits per heavy atom. The van der Waals surface area contributed by atoms with Crippen molar-refractivity contribution in [2.24, 2.45) is 0 Å². The molecule has 0 bridgehead atoms. The molecule has 0 aliphatic carbocycles. The van der Waals surface area contributed by atoms with Gasteiger partial charge in [-0.05, 0) is 35.6 Å². The van der Waals surface area contributed by atoms with E-state index in [0.717, 1.165) is 46.8 Å². The number of aryl methyl sites for hydroxylation is 2. The van der Waals surface area contributed by atoms with Crippen molar-refractivity contribution in [3.8, 4) is 0 Å². The highest BCUT2D eigenvalue weighted by Gasteiger charge is 2.45. The highest BCUT2D eigenvalue weighted by atomic mass is 16.2. The molecule has 2 N–H and O–H groups in total. The number of hydrogen-bond donors (Lipinski definition) is 2. The number of para-hydroxylation sites is 2. The SMILES string of the molecule is O=C1NC(=O)[C@@H](c2cn3c4c(cccc24)CCC3)[C@@H]1c1c[nH]c2ccccc12.[HH].[HH]. The van der Waals surface area contributed by atoms with Crippen LogP contribution in [0.2, 0.25) is 0 Å². The third kappa shape index (κ3) is 2.01. The third-order valence-electron chi connectivity index (χ3n) is 6.29. The molecule has 0 spiro atoms. The van der Waals surface area contributed by atoms with Gasteiger partial charge in [0.15, 0.2) is 0 Å². The first-order valence-corrected chi connectivity index (χ1v) is 9.74. The quantitative estimate of drug-likeness (QED) is 0.520. The average Bonchev–Trinajstić information content (AvgIpc) is 3.37. The normalized spacial score (nSPS) is 21.6. The summed E-state index contributed by atoms with van der Waals surface area (Å²) >= 11 is 0. The number of aromatic nitrogens is 2. The largest absolute Gasteiger partial charge is 0.361 e. The lowest BCUT2D eigenvalue weighted by Gasteiger charge is -2.15. The minimum absolute atomic E-state index is 0. The number of carbonyl (C=O) groups excluding carboxylic acids is 2. The molecule has 5 nitrogen and oxygen atoms in total. The van der Waals surface area contributed by atoms with E-state index in [2.05, 4.69) is 39.3 Å². The standard InChI is InChI=1S/C23H19N3O2.2H2/c27-22-19(16-11-24-18-9-2-1-7-14(16)18)20(23(28)25-22)17-12-26-10-4-6-13-5-3-8-15(17)21(13)26;;/h1-3,5,7-9,11-12,19-20,24H,4,6,10H2,(H,25,27,28);2*1H/t19-,20-;;/m0../s1. The van der Waals surface area contributed by atoms with Crippen LogP contribution < -0.4 is 5.32 Å². The molecule has 6 rings (SSSR count). The van der Waals surface area contributed by atoms with Crippen molar-refractivity contribution in [1.29, 1.82) is 0 Å². The molecule has 0 unspecified atom stereocenters. The van der Waals surface area contributed by atoms with Crippen molar-refractivity contribution in [2.75, 3.05) is 0 Å². The number of benzene rings is 2. The summed E-state index contributed by atoms with van der Waals surface area (Å²) in [5.41, 5.74) is 5.36. The van der Waals surface area contributed by atoms with E-state index in [1.54, 1.807) is 0 Å². The Hall–Kier alpha value is -3.34. The van der Waals surface area contributed by atoms with Crippen LogP contribution in [0.1, 0.15) is 37.8 Å². The second-order valence-electron chi connectivity index (χ2n) is 7.79. The maximum atomic E-state index is 12.9. The molecule has 5 heteroatoms. The molecule has 2 atom stereocenters. The molecule has 2 amide bonds. The highest BCUT2D eigenvalue weighted by Crippen LogP contribution is 2.44. The summed E-state index contributed by atoms with van der Waals surface area (Å²) in [5.74, 6) is -1.45. The Bertz CT molecular complexity index is 1290. The molecule has 4 heterocycles. The van der Waals surface area contributed by atoms with Crippen LogP contribution in [0.15, 0.2) is 54.9 Å². The summed E-state index contributed by atoms with van der Waals surface area (Å²) in [5, 5.41) is 4.68. The number of H-pyrrole nitrogens is 1. The average molecular weight is 373 g/mol. The Balaban J connectivity index is 0.00000109. The van der Waals surface area contributed by atoms with Gasteiger partial charge in [0.05, 0.1) is 17.4 Å². The number of nitrogens with one attached hydrogen (secondary N) is 2. The van der Waals surface area contributed by atoms with Crippen LogP contribution in [0, 0.1) is 0 Å². The van der Waals surface area contributed by atoms with Gasteiger partial charge in [0, 0.05) is 38.1 Å². The lowest BCUT2D eigenvalue weighted by atomic mass is 9.83. The Morgan fingerprint density at radius 1 is 0.929 bits per heavy atom. The van der Waals surface area contributed by atoms with Crippen LogP contribution in [0.25, 0.3) is 21.8 Å². The zero-order chi connectivity index (χ0) is 18.8. The summed E-state index contributed by atoms with van der Waals surface area (Å²) in [7, 11) is 0. The molecule has 2 aromatic carbocycles. The summed E-state index contributed by atoms with van der Waals surface area (Å²) in [6.45, 7) is 0.952. The van der Waals surface area contributed by atoms with Gasteiger partial charge in [-0.1, -0.05) is 36.4 Å².